The van der Waals surface area contributed by atoms with E-state index in [0.717, 1.165) is 35.6 Å². The fourth-order valence-corrected chi connectivity index (χ4v) is 5.64. The molecule has 5 rings (SSSR count). The molecule has 2 saturated heterocycles. The highest BCUT2D eigenvalue weighted by molar-refractivity contribution is 5.94. The largest absolute Gasteiger partial charge is 0.338 e. The summed E-state index contributed by atoms with van der Waals surface area (Å²) in [4.78, 5) is 29.5. The molecule has 1 N–H and O–H groups in total. The van der Waals surface area contributed by atoms with Crippen LogP contribution >= 0.6 is 0 Å². The zero-order valence-corrected chi connectivity index (χ0v) is 19.6. The summed E-state index contributed by atoms with van der Waals surface area (Å²) >= 11 is 0. The minimum atomic E-state index is -0.484. The molecule has 0 atom stereocenters. The Hall–Kier alpha value is -2.54. The summed E-state index contributed by atoms with van der Waals surface area (Å²) in [6.07, 6.45) is 7.58. The zero-order valence-electron chi connectivity index (χ0n) is 19.6. The summed E-state index contributed by atoms with van der Waals surface area (Å²) in [6, 6.07) is 4.71. The Morgan fingerprint density at radius 2 is 1.91 bits per heavy atom. The van der Waals surface area contributed by atoms with Crippen LogP contribution in [0, 0.1) is 25.6 Å². The van der Waals surface area contributed by atoms with Gasteiger partial charge in [-0.2, -0.15) is 5.10 Å². The van der Waals surface area contributed by atoms with Crippen molar-refractivity contribution in [1.29, 1.82) is 0 Å². The van der Waals surface area contributed by atoms with Crippen molar-refractivity contribution in [2.75, 3.05) is 26.2 Å². The van der Waals surface area contributed by atoms with Gasteiger partial charge >= 0.3 is 0 Å². The van der Waals surface area contributed by atoms with E-state index < -0.39 is 5.82 Å². The molecule has 0 radical (unpaired) electrons. The lowest BCUT2D eigenvalue weighted by molar-refractivity contribution is 0.0394. The molecule has 1 aromatic carbocycles. The van der Waals surface area contributed by atoms with E-state index in [-0.39, 0.29) is 22.6 Å². The average Bonchev–Trinajstić information content (AvgIpc) is 3.56. The maximum atomic E-state index is 14.7. The summed E-state index contributed by atoms with van der Waals surface area (Å²) in [6.45, 7) is 7.38. The molecule has 7 heteroatoms. The quantitative estimate of drug-likeness (QED) is 0.753. The van der Waals surface area contributed by atoms with Gasteiger partial charge in [-0.05, 0) is 88.1 Å². The number of carbonyl (C=O) groups excluding carboxylic acids is 1. The summed E-state index contributed by atoms with van der Waals surface area (Å²) in [5.74, 6) is 0.168. The normalized spacial score (nSPS) is 20.5. The van der Waals surface area contributed by atoms with Crippen molar-refractivity contribution in [3.05, 3.63) is 62.3 Å². The Kier molecular flexibility index (Phi) is 5.85. The van der Waals surface area contributed by atoms with Crippen molar-refractivity contribution < 1.29 is 9.18 Å². The monoisotopic (exact) mass is 452 g/mol. The van der Waals surface area contributed by atoms with Gasteiger partial charge in [-0.15, -0.1) is 0 Å². The van der Waals surface area contributed by atoms with Crippen LogP contribution < -0.4 is 5.56 Å². The van der Waals surface area contributed by atoms with Crippen LogP contribution in [0.25, 0.3) is 0 Å². The molecule has 2 aromatic rings. The van der Waals surface area contributed by atoms with Crippen molar-refractivity contribution in [2.45, 2.75) is 64.3 Å². The molecular weight excluding hydrogens is 419 g/mol. The number of rotatable bonds is 5. The Morgan fingerprint density at radius 3 is 2.64 bits per heavy atom. The summed E-state index contributed by atoms with van der Waals surface area (Å²) < 4.78 is 14.7. The van der Waals surface area contributed by atoms with Crippen molar-refractivity contribution in [1.82, 2.24) is 20.0 Å². The number of piperidine rings is 1. The van der Waals surface area contributed by atoms with Crippen LogP contribution in [0.5, 0.6) is 0 Å². The van der Waals surface area contributed by atoms with Crippen molar-refractivity contribution in [3.8, 4) is 0 Å². The number of H-pyrrole nitrogens is 1. The van der Waals surface area contributed by atoms with E-state index in [2.05, 4.69) is 15.1 Å². The highest BCUT2D eigenvalue weighted by Crippen LogP contribution is 2.42. The third-order valence-electron chi connectivity index (χ3n) is 8.16. The van der Waals surface area contributed by atoms with Crippen LogP contribution in [-0.4, -0.2) is 57.6 Å². The number of benzene rings is 1. The van der Waals surface area contributed by atoms with Gasteiger partial charge in [0, 0.05) is 37.2 Å². The van der Waals surface area contributed by atoms with Gasteiger partial charge in [-0.1, -0.05) is 6.07 Å². The number of halogens is 1. The van der Waals surface area contributed by atoms with Crippen molar-refractivity contribution in [3.63, 3.8) is 0 Å². The van der Waals surface area contributed by atoms with E-state index in [1.807, 2.05) is 11.8 Å². The number of amides is 1. The number of nitrogens with zero attached hydrogens (tertiary/aromatic N) is 3. The van der Waals surface area contributed by atoms with Crippen molar-refractivity contribution >= 4 is 5.91 Å². The van der Waals surface area contributed by atoms with E-state index in [0.29, 0.717) is 25.1 Å². The molecule has 2 aliphatic heterocycles. The van der Waals surface area contributed by atoms with Gasteiger partial charge in [-0.25, -0.2) is 9.49 Å². The van der Waals surface area contributed by atoms with Crippen LogP contribution in [-0.2, 0) is 6.42 Å². The smallest absolute Gasteiger partial charge is 0.267 e. The second kappa shape index (κ2) is 8.67. The molecule has 176 valence electrons. The second-order valence-corrected chi connectivity index (χ2v) is 10.2. The first-order valence-electron chi connectivity index (χ1n) is 12.2. The fourth-order valence-electron chi connectivity index (χ4n) is 5.64. The molecule has 33 heavy (non-hydrogen) atoms. The molecule has 1 saturated carbocycles. The number of likely N-dealkylation sites (tertiary alicyclic amines) is 2. The van der Waals surface area contributed by atoms with E-state index in [1.54, 1.807) is 19.1 Å². The average molecular weight is 453 g/mol. The predicted octanol–water partition coefficient (Wildman–Crippen LogP) is 3.60. The molecule has 0 unspecified atom stereocenters. The lowest BCUT2D eigenvalue weighted by Gasteiger charge is -2.45. The van der Waals surface area contributed by atoms with Crippen molar-refractivity contribution in [2.24, 2.45) is 5.92 Å². The van der Waals surface area contributed by atoms with Gasteiger partial charge in [0.15, 0.2) is 0 Å². The van der Waals surface area contributed by atoms with Gasteiger partial charge in [-0.3, -0.25) is 14.5 Å². The molecule has 3 fully saturated rings. The topological polar surface area (TPSA) is 69.3 Å². The predicted molar refractivity (Wildman–Crippen MR) is 125 cm³/mol. The van der Waals surface area contributed by atoms with Crippen LogP contribution in [0.15, 0.2) is 23.0 Å². The SMILES string of the molecule is Cc1c(Cc2ccc(F)c(C(=O)N3CCC4(CCCN4CC4CC4)CC3)c2)n[nH]c(=O)c1C. The Labute approximate surface area is 194 Å². The Morgan fingerprint density at radius 1 is 1.15 bits per heavy atom. The summed E-state index contributed by atoms with van der Waals surface area (Å²) in [7, 11) is 0. The third kappa shape index (κ3) is 4.35. The third-order valence-corrected chi connectivity index (χ3v) is 8.16. The minimum Gasteiger partial charge on any atom is -0.338 e. The van der Waals surface area contributed by atoms with E-state index in [1.165, 1.54) is 44.8 Å². The van der Waals surface area contributed by atoms with Gasteiger partial charge < -0.3 is 4.90 Å². The number of hydrogen-bond acceptors (Lipinski definition) is 4. The molecular formula is C26H33FN4O2. The van der Waals surface area contributed by atoms with E-state index in [9.17, 15) is 14.0 Å². The Balaban J connectivity index is 1.29. The maximum Gasteiger partial charge on any atom is 0.267 e. The molecule has 1 amide bonds. The molecule has 3 aliphatic rings. The standard InChI is InChI=1S/C26H33FN4O2/c1-17-18(2)24(32)29-28-23(17)15-20-6-7-22(27)21(14-20)25(33)30-12-9-26(10-13-30)8-3-11-31(26)16-19-4-5-19/h6-7,14,19H,3-5,8-13,15-16H2,1-2H3,(H,29,32). The number of hydrogen-bond donors (Lipinski definition) is 1. The zero-order chi connectivity index (χ0) is 23.2. The fraction of sp³-hybridized carbons (Fsp3) is 0.577. The van der Waals surface area contributed by atoms with Crippen LogP contribution in [0.2, 0.25) is 0 Å². The van der Waals surface area contributed by atoms with E-state index in [4.69, 9.17) is 0 Å². The Bertz CT molecular complexity index is 1120. The number of aromatic nitrogens is 2. The first-order chi connectivity index (χ1) is 15.9. The summed E-state index contributed by atoms with van der Waals surface area (Å²) in [5, 5.41) is 6.68. The lowest BCUT2D eigenvalue weighted by Crippen LogP contribution is -2.53. The lowest BCUT2D eigenvalue weighted by atomic mass is 9.84. The number of carbonyl (C=O) groups is 1. The molecule has 3 heterocycles. The number of nitrogens with one attached hydrogen (secondary N) is 1. The minimum absolute atomic E-state index is 0.128. The highest BCUT2D eigenvalue weighted by Gasteiger charge is 2.45. The second-order valence-electron chi connectivity index (χ2n) is 10.2. The molecule has 1 aromatic heterocycles. The highest BCUT2D eigenvalue weighted by atomic mass is 19.1. The van der Waals surface area contributed by atoms with Gasteiger partial charge in [0.25, 0.3) is 11.5 Å². The van der Waals surface area contributed by atoms with Crippen LogP contribution in [0.1, 0.15) is 71.3 Å². The van der Waals surface area contributed by atoms with Crippen LogP contribution in [0.4, 0.5) is 4.39 Å². The van der Waals surface area contributed by atoms with Gasteiger partial charge in [0.2, 0.25) is 0 Å². The molecule has 1 spiro atoms. The molecule has 6 nitrogen and oxygen atoms in total. The maximum absolute atomic E-state index is 14.7. The van der Waals surface area contributed by atoms with Crippen LogP contribution in [0.3, 0.4) is 0 Å². The van der Waals surface area contributed by atoms with Gasteiger partial charge in [0.05, 0.1) is 11.3 Å². The molecule has 0 bridgehead atoms. The van der Waals surface area contributed by atoms with Gasteiger partial charge in [0.1, 0.15) is 5.82 Å². The first kappa shape index (κ1) is 22.3. The molecule has 1 aliphatic carbocycles. The van der Waals surface area contributed by atoms with E-state index >= 15 is 0 Å². The summed E-state index contributed by atoms with van der Waals surface area (Å²) in [5.41, 5.74) is 3.16. The first-order valence-corrected chi connectivity index (χ1v) is 12.2. The number of aromatic amines is 1.